The van der Waals surface area contributed by atoms with Crippen LogP contribution in [0.2, 0.25) is 0 Å². The van der Waals surface area contributed by atoms with E-state index in [1.54, 1.807) is 0 Å². The van der Waals surface area contributed by atoms with Crippen molar-refractivity contribution in [3.8, 4) is 0 Å². The Kier molecular flexibility index (Phi) is 5.69. The van der Waals surface area contributed by atoms with E-state index in [4.69, 9.17) is 0 Å². The Morgan fingerprint density at radius 1 is 0.774 bits per heavy atom. The van der Waals surface area contributed by atoms with Crippen LogP contribution in [0.15, 0.2) is 54.9 Å². The highest BCUT2D eigenvalue weighted by Crippen LogP contribution is 2.36. The van der Waals surface area contributed by atoms with Gasteiger partial charge in [0.15, 0.2) is 0 Å². The van der Waals surface area contributed by atoms with Crippen molar-refractivity contribution in [3.63, 3.8) is 0 Å². The molecule has 0 unspecified atom stereocenters. The molecule has 7 nitrogen and oxygen atoms in total. The van der Waals surface area contributed by atoms with Crippen LogP contribution >= 0.6 is 0 Å². The number of hydrogen-bond acceptors (Lipinski definition) is 6. The maximum absolute atomic E-state index is 12.9. The number of hydrogen-bond donors (Lipinski definition) is 2. The lowest BCUT2D eigenvalue weighted by Crippen LogP contribution is -2.08. The molecule has 2 aromatic carbocycles. The molecule has 0 saturated heterocycles. The second-order valence-electron chi connectivity index (χ2n) is 6.08. The van der Waals surface area contributed by atoms with Crippen LogP contribution in [-0.2, 0) is 12.4 Å². The van der Waals surface area contributed by atoms with Gasteiger partial charge in [-0.25, -0.2) is 9.97 Å². The molecule has 1 heterocycles. The van der Waals surface area contributed by atoms with Gasteiger partial charge in [-0.05, 0) is 42.5 Å². The minimum Gasteiger partial charge on any atom is -0.334 e. The van der Waals surface area contributed by atoms with Crippen LogP contribution in [0.1, 0.15) is 11.1 Å². The normalized spacial score (nSPS) is 11.8. The van der Waals surface area contributed by atoms with Crippen molar-refractivity contribution in [1.82, 2.24) is 9.97 Å². The van der Waals surface area contributed by atoms with Crippen molar-refractivity contribution in [3.05, 3.63) is 76.1 Å². The Labute approximate surface area is 169 Å². The second kappa shape index (κ2) is 8.08. The SMILES string of the molecule is O=[N+]([O-])c1c(Nc2ccc(C(F)(F)F)cc2)ncnc1Nc1cccc(C(F)(F)F)c1. The smallest absolute Gasteiger partial charge is 0.334 e. The molecule has 1 aromatic heterocycles. The molecule has 31 heavy (non-hydrogen) atoms. The van der Waals surface area contributed by atoms with Crippen molar-refractivity contribution in [2.75, 3.05) is 10.6 Å². The number of nitrogens with one attached hydrogen (secondary N) is 2. The van der Waals surface area contributed by atoms with E-state index in [-0.39, 0.29) is 17.2 Å². The van der Waals surface area contributed by atoms with E-state index >= 15 is 0 Å². The van der Waals surface area contributed by atoms with E-state index in [0.29, 0.717) is 0 Å². The summed E-state index contributed by atoms with van der Waals surface area (Å²) in [5, 5.41) is 16.5. The van der Waals surface area contributed by atoms with Crippen LogP contribution in [0.3, 0.4) is 0 Å². The summed E-state index contributed by atoms with van der Waals surface area (Å²) >= 11 is 0. The number of nitro groups is 1. The molecule has 3 rings (SSSR count). The fourth-order valence-electron chi connectivity index (χ4n) is 2.52. The molecule has 0 aliphatic rings. The van der Waals surface area contributed by atoms with Gasteiger partial charge in [-0.1, -0.05) is 6.07 Å². The zero-order chi connectivity index (χ0) is 22.8. The van der Waals surface area contributed by atoms with Crippen LogP contribution < -0.4 is 10.6 Å². The highest BCUT2D eigenvalue weighted by molar-refractivity contribution is 5.76. The summed E-state index contributed by atoms with van der Waals surface area (Å²) in [6.07, 6.45) is -8.26. The summed E-state index contributed by atoms with van der Waals surface area (Å²) in [5.74, 6) is -0.775. The third-order valence-electron chi connectivity index (χ3n) is 3.93. The van der Waals surface area contributed by atoms with Gasteiger partial charge >= 0.3 is 18.0 Å². The minimum atomic E-state index is -4.62. The highest BCUT2D eigenvalue weighted by Gasteiger charge is 2.31. The van der Waals surface area contributed by atoms with Gasteiger partial charge in [0.2, 0.25) is 11.6 Å². The van der Waals surface area contributed by atoms with E-state index < -0.39 is 39.9 Å². The quantitative estimate of drug-likeness (QED) is 0.289. The molecular formula is C18H11F6N5O2. The van der Waals surface area contributed by atoms with Crippen molar-refractivity contribution in [2.45, 2.75) is 12.4 Å². The molecule has 0 aliphatic heterocycles. The monoisotopic (exact) mass is 443 g/mol. The molecule has 0 atom stereocenters. The van der Waals surface area contributed by atoms with Gasteiger partial charge in [0, 0.05) is 11.4 Å². The first-order valence-electron chi connectivity index (χ1n) is 8.33. The molecule has 13 heteroatoms. The number of benzene rings is 2. The van der Waals surface area contributed by atoms with Crippen molar-refractivity contribution < 1.29 is 31.3 Å². The molecular weight excluding hydrogens is 432 g/mol. The van der Waals surface area contributed by atoms with Gasteiger partial charge in [0.1, 0.15) is 6.33 Å². The number of alkyl halides is 6. The molecule has 0 bridgehead atoms. The lowest BCUT2D eigenvalue weighted by molar-refractivity contribution is -0.383. The van der Waals surface area contributed by atoms with Gasteiger partial charge in [0.05, 0.1) is 16.1 Å². The van der Waals surface area contributed by atoms with Crippen LogP contribution in [0.25, 0.3) is 0 Å². The molecule has 3 aromatic rings. The third-order valence-corrected chi connectivity index (χ3v) is 3.93. The average Bonchev–Trinajstić information content (AvgIpc) is 2.67. The lowest BCUT2D eigenvalue weighted by Gasteiger charge is -2.12. The largest absolute Gasteiger partial charge is 0.416 e. The summed E-state index contributed by atoms with van der Waals surface area (Å²) < 4.78 is 76.7. The fraction of sp³-hybridized carbons (Fsp3) is 0.111. The number of anilines is 4. The van der Waals surface area contributed by atoms with Crippen LogP contribution in [-0.4, -0.2) is 14.9 Å². The van der Waals surface area contributed by atoms with Crippen molar-refractivity contribution in [2.24, 2.45) is 0 Å². The first kappa shape index (κ1) is 21.8. The molecule has 162 valence electrons. The Balaban J connectivity index is 1.92. The standard InChI is InChI=1S/C18H11F6N5O2/c19-17(20,21)10-4-6-12(7-5-10)27-15-14(29(30)31)16(26-9-25-15)28-13-3-1-2-11(8-13)18(22,23)24/h1-9H,(H2,25,26,27,28). The summed E-state index contributed by atoms with van der Waals surface area (Å²) in [6.45, 7) is 0. The molecule has 0 radical (unpaired) electrons. The summed E-state index contributed by atoms with van der Waals surface area (Å²) in [7, 11) is 0. The summed E-state index contributed by atoms with van der Waals surface area (Å²) in [6, 6.07) is 7.59. The average molecular weight is 443 g/mol. The predicted molar refractivity (Wildman–Crippen MR) is 98.1 cm³/mol. The Morgan fingerprint density at radius 3 is 1.84 bits per heavy atom. The fourth-order valence-corrected chi connectivity index (χ4v) is 2.52. The highest BCUT2D eigenvalue weighted by atomic mass is 19.4. The van der Waals surface area contributed by atoms with E-state index in [9.17, 15) is 36.5 Å². The molecule has 0 spiro atoms. The van der Waals surface area contributed by atoms with Crippen LogP contribution in [0.4, 0.5) is 55.0 Å². The Morgan fingerprint density at radius 2 is 1.32 bits per heavy atom. The van der Waals surface area contributed by atoms with Crippen molar-refractivity contribution >= 4 is 28.7 Å². The minimum absolute atomic E-state index is 0.0693. The zero-order valence-electron chi connectivity index (χ0n) is 15.1. The topological polar surface area (TPSA) is 93.0 Å². The second-order valence-corrected chi connectivity index (χ2v) is 6.08. The zero-order valence-corrected chi connectivity index (χ0v) is 15.1. The van der Waals surface area contributed by atoms with Gasteiger partial charge in [-0.15, -0.1) is 0 Å². The molecule has 0 amide bonds. The number of rotatable bonds is 5. The van der Waals surface area contributed by atoms with Gasteiger partial charge in [-0.2, -0.15) is 26.3 Å². The van der Waals surface area contributed by atoms with Crippen molar-refractivity contribution in [1.29, 1.82) is 0 Å². The molecule has 2 N–H and O–H groups in total. The third kappa shape index (κ3) is 5.18. The maximum atomic E-state index is 12.9. The van der Waals surface area contributed by atoms with E-state index in [0.717, 1.165) is 48.8 Å². The van der Waals surface area contributed by atoms with E-state index in [1.807, 2.05) is 0 Å². The predicted octanol–water partition coefficient (Wildman–Crippen LogP) is 5.91. The number of aromatic nitrogens is 2. The van der Waals surface area contributed by atoms with Crippen LogP contribution in [0.5, 0.6) is 0 Å². The molecule has 0 aliphatic carbocycles. The van der Waals surface area contributed by atoms with Gasteiger partial charge in [0.25, 0.3) is 0 Å². The summed E-state index contributed by atoms with van der Waals surface area (Å²) in [4.78, 5) is 18.1. The first-order chi connectivity index (χ1) is 14.4. The number of nitrogens with zero attached hydrogens (tertiary/aromatic N) is 3. The molecule has 0 fully saturated rings. The van der Waals surface area contributed by atoms with Gasteiger partial charge in [-0.3, -0.25) is 10.1 Å². The summed E-state index contributed by atoms with van der Waals surface area (Å²) in [5.41, 5.74) is -2.64. The first-order valence-corrected chi connectivity index (χ1v) is 8.33. The number of halogens is 6. The van der Waals surface area contributed by atoms with Crippen LogP contribution in [0, 0.1) is 10.1 Å². The van der Waals surface area contributed by atoms with Gasteiger partial charge < -0.3 is 10.6 Å². The Hall–Kier alpha value is -3.90. The lowest BCUT2D eigenvalue weighted by atomic mass is 10.2. The molecule has 0 saturated carbocycles. The van der Waals surface area contributed by atoms with E-state index in [2.05, 4.69) is 20.6 Å². The maximum Gasteiger partial charge on any atom is 0.416 e. The Bertz CT molecular complexity index is 1100. The van der Waals surface area contributed by atoms with E-state index in [1.165, 1.54) is 6.07 Å².